The number of aromatic amines is 1. The minimum atomic E-state index is -3.69. The predicted octanol–water partition coefficient (Wildman–Crippen LogP) is 3.60. The molecule has 0 bridgehead atoms. The molecular formula is C22H20N4O3S. The summed E-state index contributed by atoms with van der Waals surface area (Å²) in [6.45, 7) is 2.12. The van der Waals surface area contributed by atoms with Crippen LogP contribution < -0.4 is 10.0 Å². The van der Waals surface area contributed by atoms with Crippen molar-refractivity contribution in [3.05, 3.63) is 89.9 Å². The third-order valence-electron chi connectivity index (χ3n) is 4.74. The van der Waals surface area contributed by atoms with Gasteiger partial charge in [0.2, 0.25) is 0 Å². The van der Waals surface area contributed by atoms with Gasteiger partial charge in [-0.2, -0.15) is 0 Å². The van der Waals surface area contributed by atoms with E-state index in [4.69, 9.17) is 0 Å². The highest BCUT2D eigenvalue weighted by Gasteiger charge is 2.15. The smallest absolute Gasteiger partial charge is 0.267 e. The van der Waals surface area contributed by atoms with E-state index in [1.807, 2.05) is 19.1 Å². The van der Waals surface area contributed by atoms with Crippen molar-refractivity contribution in [1.29, 1.82) is 0 Å². The number of carbonyl (C=O) groups excluding carboxylic acids is 1. The van der Waals surface area contributed by atoms with Crippen molar-refractivity contribution in [3.63, 3.8) is 0 Å². The Morgan fingerprint density at radius 1 is 1.07 bits per heavy atom. The second-order valence-corrected chi connectivity index (χ2v) is 8.58. The number of benzene rings is 2. The van der Waals surface area contributed by atoms with Gasteiger partial charge in [0.1, 0.15) is 5.69 Å². The monoisotopic (exact) mass is 420 g/mol. The average Bonchev–Trinajstić information content (AvgIpc) is 3.18. The van der Waals surface area contributed by atoms with Crippen LogP contribution in [0.4, 0.5) is 5.69 Å². The van der Waals surface area contributed by atoms with Gasteiger partial charge in [0.05, 0.1) is 10.6 Å². The Morgan fingerprint density at radius 2 is 1.83 bits per heavy atom. The van der Waals surface area contributed by atoms with Gasteiger partial charge >= 0.3 is 0 Å². The van der Waals surface area contributed by atoms with E-state index in [-0.39, 0.29) is 17.3 Å². The zero-order valence-corrected chi connectivity index (χ0v) is 17.0. The van der Waals surface area contributed by atoms with Crippen LogP contribution in [0.3, 0.4) is 0 Å². The van der Waals surface area contributed by atoms with E-state index in [1.165, 1.54) is 12.1 Å². The van der Waals surface area contributed by atoms with Gasteiger partial charge in [0, 0.05) is 29.8 Å². The molecule has 0 aliphatic heterocycles. The molecular weight excluding hydrogens is 400 g/mol. The summed E-state index contributed by atoms with van der Waals surface area (Å²) in [5, 5.41) is 3.69. The number of nitrogens with zero attached hydrogens (tertiary/aromatic N) is 1. The highest BCUT2D eigenvalue weighted by Crippen LogP contribution is 2.20. The van der Waals surface area contributed by atoms with Gasteiger partial charge in [0.15, 0.2) is 0 Å². The van der Waals surface area contributed by atoms with Crippen LogP contribution in [-0.4, -0.2) is 24.3 Å². The molecule has 0 aliphatic rings. The molecule has 0 radical (unpaired) electrons. The summed E-state index contributed by atoms with van der Waals surface area (Å²) in [4.78, 5) is 19.6. The van der Waals surface area contributed by atoms with Crippen LogP contribution in [0.2, 0.25) is 0 Å². The number of pyridine rings is 1. The number of aryl methyl sites for hydroxylation is 1. The quantitative estimate of drug-likeness (QED) is 0.443. The first-order valence-electron chi connectivity index (χ1n) is 9.31. The Bertz CT molecular complexity index is 1280. The van der Waals surface area contributed by atoms with Crippen LogP contribution in [0.1, 0.15) is 21.6 Å². The number of aromatic nitrogens is 2. The predicted molar refractivity (Wildman–Crippen MR) is 116 cm³/mol. The first kappa shape index (κ1) is 19.7. The third-order valence-corrected chi connectivity index (χ3v) is 6.12. The lowest BCUT2D eigenvalue weighted by molar-refractivity contribution is 0.0946. The number of anilines is 1. The molecule has 1 amide bonds. The van der Waals surface area contributed by atoms with E-state index < -0.39 is 10.0 Å². The fourth-order valence-corrected chi connectivity index (χ4v) is 4.18. The van der Waals surface area contributed by atoms with E-state index in [0.29, 0.717) is 11.4 Å². The van der Waals surface area contributed by atoms with Crippen LogP contribution in [0.25, 0.3) is 10.9 Å². The molecule has 3 N–H and O–H groups in total. The topological polar surface area (TPSA) is 104 Å². The zero-order chi connectivity index (χ0) is 21.1. The Hall–Kier alpha value is -3.65. The molecule has 0 saturated heterocycles. The Morgan fingerprint density at radius 3 is 2.57 bits per heavy atom. The van der Waals surface area contributed by atoms with Crippen molar-refractivity contribution in [2.75, 3.05) is 4.72 Å². The van der Waals surface area contributed by atoms with E-state index in [2.05, 4.69) is 20.0 Å². The van der Waals surface area contributed by atoms with Crippen molar-refractivity contribution < 1.29 is 13.2 Å². The Kier molecular flexibility index (Phi) is 5.24. The maximum absolute atomic E-state index is 12.6. The van der Waals surface area contributed by atoms with Crippen molar-refractivity contribution in [1.82, 2.24) is 15.3 Å². The molecule has 2 heterocycles. The molecule has 2 aromatic carbocycles. The van der Waals surface area contributed by atoms with Crippen LogP contribution >= 0.6 is 0 Å². The second-order valence-electron chi connectivity index (χ2n) is 6.89. The minimum absolute atomic E-state index is 0.156. The molecule has 2 aromatic heterocycles. The number of nitrogens with one attached hydrogen (secondary N) is 3. The maximum Gasteiger partial charge on any atom is 0.267 e. The molecule has 30 heavy (non-hydrogen) atoms. The third kappa shape index (κ3) is 4.18. The van der Waals surface area contributed by atoms with E-state index in [0.717, 1.165) is 22.0 Å². The van der Waals surface area contributed by atoms with E-state index in [9.17, 15) is 13.2 Å². The Labute approximate surface area is 174 Å². The molecule has 7 nitrogen and oxygen atoms in total. The number of fused-ring (bicyclic) bond motifs is 1. The SMILES string of the molecule is Cc1ccccc1NS(=O)(=O)c1ccc(CNC(=O)c2cc3cnccc3[nH]2)cc1. The van der Waals surface area contributed by atoms with E-state index >= 15 is 0 Å². The molecule has 0 saturated carbocycles. The maximum atomic E-state index is 12.6. The lowest BCUT2D eigenvalue weighted by atomic mass is 10.2. The summed E-state index contributed by atoms with van der Waals surface area (Å²) >= 11 is 0. The van der Waals surface area contributed by atoms with Gasteiger partial charge in [-0.25, -0.2) is 8.42 Å². The molecule has 0 spiro atoms. The average molecular weight is 420 g/mol. The van der Waals surface area contributed by atoms with Gasteiger partial charge in [-0.15, -0.1) is 0 Å². The summed E-state index contributed by atoms with van der Waals surface area (Å²) < 4.78 is 27.8. The summed E-state index contributed by atoms with van der Waals surface area (Å²) in [7, 11) is -3.69. The first-order chi connectivity index (χ1) is 14.4. The largest absolute Gasteiger partial charge is 0.350 e. The van der Waals surface area contributed by atoms with Crippen LogP contribution in [0.15, 0.2) is 78.0 Å². The van der Waals surface area contributed by atoms with Crippen molar-refractivity contribution in [3.8, 4) is 0 Å². The van der Waals surface area contributed by atoms with Gasteiger partial charge in [-0.3, -0.25) is 14.5 Å². The summed E-state index contributed by atoms with van der Waals surface area (Å²) in [6.07, 6.45) is 3.34. The normalized spacial score (nSPS) is 11.4. The van der Waals surface area contributed by atoms with Gasteiger partial charge in [-0.1, -0.05) is 30.3 Å². The molecule has 0 aliphatic carbocycles. The number of sulfonamides is 1. The number of amides is 1. The van der Waals surface area contributed by atoms with Gasteiger partial charge in [0.25, 0.3) is 15.9 Å². The summed E-state index contributed by atoms with van der Waals surface area (Å²) in [5.74, 6) is -0.246. The van der Waals surface area contributed by atoms with Gasteiger partial charge in [-0.05, 0) is 48.4 Å². The molecule has 4 rings (SSSR count). The fourth-order valence-electron chi connectivity index (χ4n) is 3.05. The lowest BCUT2D eigenvalue weighted by Gasteiger charge is -2.11. The molecule has 8 heteroatoms. The molecule has 0 atom stereocenters. The molecule has 152 valence electrons. The number of H-pyrrole nitrogens is 1. The minimum Gasteiger partial charge on any atom is -0.350 e. The molecule has 0 fully saturated rings. The van der Waals surface area contributed by atoms with Gasteiger partial charge < -0.3 is 10.3 Å². The van der Waals surface area contributed by atoms with Crippen LogP contribution in [-0.2, 0) is 16.6 Å². The fraction of sp³-hybridized carbons (Fsp3) is 0.0909. The molecule has 0 unspecified atom stereocenters. The highest BCUT2D eigenvalue weighted by molar-refractivity contribution is 7.92. The number of rotatable bonds is 6. The Balaban J connectivity index is 1.42. The number of para-hydroxylation sites is 1. The van der Waals surface area contributed by atoms with Crippen LogP contribution in [0, 0.1) is 6.92 Å². The first-order valence-corrected chi connectivity index (χ1v) is 10.8. The summed E-state index contributed by atoms with van der Waals surface area (Å²) in [6, 6.07) is 17.1. The lowest BCUT2D eigenvalue weighted by Crippen LogP contribution is -2.23. The highest BCUT2D eigenvalue weighted by atomic mass is 32.2. The molecule has 4 aromatic rings. The van der Waals surface area contributed by atoms with Crippen molar-refractivity contribution in [2.45, 2.75) is 18.4 Å². The van der Waals surface area contributed by atoms with Crippen molar-refractivity contribution in [2.24, 2.45) is 0 Å². The number of carbonyl (C=O) groups is 1. The summed E-state index contributed by atoms with van der Waals surface area (Å²) in [5.41, 5.74) is 3.46. The van der Waals surface area contributed by atoms with Crippen molar-refractivity contribution >= 4 is 32.5 Å². The van der Waals surface area contributed by atoms with E-state index in [1.54, 1.807) is 48.8 Å². The second kappa shape index (κ2) is 8.00. The van der Waals surface area contributed by atoms with Crippen LogP contribution in [0.5, 0.6) is 0 Å². The standard InChI is InChI=1S/C22H20N4O3S/c1-15-4-2-3-5-19(15)26-30(28,29)18-8-6-16(7-9-18)13-24-22(27)21-12-17-14-23-11-10-20(17)25-21/h2-12,14,25-26H,13H2,1H3,(H,24,27). The zero-order valence-electron chi connectivity index (χ0n) is 16.2. The number of hydrogen-bond acceptors (Lipinski definition) is 4. The number of hydrogen-bond donors (Lipinski definition) is 3.